The Morgan fingerprint density at radius 2 is 1.86 bits per heavy atom. The fraction of sp³-hybridized carbons (Fsp3) is 0.0526. The molecule has 9 heteroatoms. The van der Waals surface area contributed by atoms with Gasteiger partial charge in [-0.05, 0) is 24.3 Å². The molecule has 4 rings (SSSR count). The van der Waals surface area contributed by atoms with Gasteiger partial charge >= 0.3 is 0 Å². The largest absolute Gasteiger partial charge is 0.449 e. The highest BCUT2D eigenvalue weighted by Gasteiger charge is 2.39. The maximum atomic E-state index is 11.9. The Morgan fingerprint density at radius 3 is 2.50 bits per heavy atom. The number of aliphatic imine (C=N–C) groups is 1. The van der Waals surface area contributed by atoms with Gasteiger partial charge in [0.25, 0.3) is 11.8 Å². The van der Waals surface area contributed by atoms with E-state index in [0.29, 0.717) is 11.6 Å². The zero-order chi connectivity index (χ0) is 19.6. The van der Waals surface area contributed by atoms with Gasteiger partial charge in [-0.25, -0.2) is 14.7 Å². The normalized spacial score (nSPS) is 18.6. The van der Waals surface area contributed by atoms with E-state index in [9.17, 15) is 4.79 Å². The van der Waals surface area contributed by atoms with Gasteiger partial charge in [0, 0.05) is 11.8 Å². The van der Waals surface area contributed by atoms with E-state index in [4.69, 9.17) is 16.2 Å². The molecule has 140 valence electrons. The first-order valence-electron chi connectivity index (χ1n) is 8.40. The van der Waals surface area contributed by atoms with Crippen molar-refractivity contribution in [2.24, 2.45) is 16.5 Å². The summed E-state index contributed by atoms with van der Waals surface area (Å²) in [6, 6.07) is 16.3. The Labute approximate surface area is 160 Å². The van der Waals surface area contributed by atoms with Crippen LogP contribution in [0.15, 0.2) is 84.0 Å². The van der Waals surface area contributed by atoms with Crippen LogP contribution < -0.4 is 21.5 Å². The number of primary amides is 1. The van der Waals surface area contributed by atoms with Crippen LogP contribution >= 0.6 is 0 Å². The molecule has 0 saturated heterocycles. The number of benzene rings is 2. The SMILES string of the molecule is NC(=O)C1=CNC(c2ccccc2)=NC1(N)Oc1ccc(-n2cncn2)cc1. The van der Waals surface area contributed by atoms with Crippen LogP contribution in [0, 0.1) is 0 Å². The van der Waals surface area contributed by atoms with Crippen LogP contribution in [0.4, 0.5) is 0 Å². The summed E-state index contributed by atoms with van der Waals surface area (Å²) in [4.78, 5) is 20.2. The van der Waals surface area contributed by atoms with Gasteiger partial charge in [0.2, 0.25) is 0 Å². The minimum Gasteiger partial charge on any atom is -0.449 e. The van der Waals surface area contributed by atoms with Crippen molar-refractivity contribution < 1.29 is 9.53 Å². The molecule has 2 aromatic carbocycles. The molecule has 0 saturated carbocycles. The van der Waals surface area contributed by atoms with Crippen molar-refractivity contribution in [3.63, 3.8) is 0 Å². The molecule has 0 radical (unpaired) electrons. The van der Waals surface area contributed by atoms with E-state index in [0.717, 1.165) is 11.3 Å². The van der Waals surface area contributed by atoms with Gasteiger partial charge < -0.3 is 15.8 Å². The summed E-state index contributed by atoms with van der Waals surface area (Å²) in [7, 11) is 0. The molecule has 28 heavy (non-hydrogen) atoms. The van der Waals surface area contributed by atoms with Crippen LogP contribution in [0.5, 0.6) is 5.75 Å². The first-order chi connectivity index (χ1) is 13.5. The van der Waals surface area contributed by atoms with Crippen molar-refractivity contribution in [3.05, 3.63) is 84.6 Å². The van der Waals surface area contributed by atoms with E-state index in [1.54, 1.807) is 35.3 Å². The van der Waals surface area contributed by atoms with E-state index in [-0.39, 0.29) is 5.57 Å². The third-order valence-electron chi connectivity index (χ3n) is 4.12. The molecular formula is C19H17N7O2. The summed E-state index contributed by atoms with van der Waals surface area (Å²) >= 11 is 0. The number of carbonyl (C=O) groups excluding carboxylic acids is 1. The molecule has 1 aromatic heterocycles. The smallest absolute Gasteiger partial charge is 0.291 e. The molecule has 0 spiro atoms. The molecule has 2 heterocycles. The van der Waals surface area contributed by atoms with Crippen molar-refractivity contribution >= 4 is 11.7 Å². The maximum absolute atomic E-state index is 11.9. The van der Waals surface area contributed by atoms with Gasteiger partial charge in [-0.15, -0.1) is 0 Å². The van der Waals surface area contributed by atoms with Gasteiger partial charge in [-0.3, -0.25) is 10.5 Å². The van der Waals surface area contributed by atoms with Crippen LogP contribution in [0.1, 0.15) is 5.56 Å². The Hall–Kier alpha value is -3.98. The number of hydrogen-bond donors (Lipinski definition) is 3. The van der Waals surface area contributed by atoms with E-state index < -0.39 is 11.8 Å². The molecule has 5 N–H and O–H groups in total. The van der Waals surface area contributed by atoms with E-state index >= 15 is 0 Å². The summed E-state index contributed by atoms with van der Waals surface area (Å²) in [6.07, 6.45) is 4.44. The number of nitrogens with one attached hydrogen (secondary N) is 1. The number of amides is 1. The third kappa shape index (κ3) is 3.33. The average Bonchev–Trinajstić information content (AvgIpc) is 3.23. The molecule has 0 aliphatic carbocycles. The fourth-order valence-corrected chi connectivity index (χ4v) is 2.76. The number of rotatable bonds is 5. The molecule has 1 amide bonds. The van der Waals surface area contributed by atoms with E-state index in [1.165, 1.54) is 12.5 Å². The monoisotopic (exact) mass is 375 g/mol. The third-order valence-corrected chi connectivity index (χ3v) is 4.12. The zero-order valence-corrected chi connectivity index (χ0v) is 14.7. The number of carbonyl (C=O) groups is 1. The lowest BCUT2D eigenvalue weighted by atomic mass is 10.1. The molecule has 1 atom stereocenters. The lowest BCUT2D eigenvalue weighted by Gasteiger charge is -2.31. The quantitative estimate of drug-likeness (QED) is 0.562. The lowest BCUT2D eigenvalue weighted by Crippen LogP contribution is -2.53. The van der Waals surface area contributed by atoms with Crippen molar-refractivity contribution in [2.75, 3.05) is 0 Å². The van der Waals surface area contributed by atoms with Crippen molar-refractivity contribution in [2.45, 2.75) is 5.85 Å². The standard InChI is InChI=1S/C19H17N7O2/c20-17(27)16-10-23-18(13-4-2-1-3-5-13)25-19(16,21)28-15-8-6-14(7-9-15)26-12-22-11-24-26/h1-12H,21H2,(H2,20,27)(H,23,25). The van der Waals surface area contributed by atoms with Crippen molar-refractivity contribution in [1.82, 2.24) is 20.1 Å². The number of nitrogens with two attached hydrogens (primary N) is 2. The summed E-state index contributed by atoms with van der Waals surface area (Å²) in [6.45, 7) is 0. The van der Waals surface area contributed by atoms with Crippen LogP contribution in [-0.2, 0) is 4.79 Å². The predicted molar refractivity (Wildman–Crippen MR) is 102 cm³/mol. The highest BCUT2D eigenvalue weighted by Crippen LogP contribution is 2.26. The average molecular weight is 375 g/mol. The van der Waals surface area contributed by atoms with Crippen LogP contribution in [0.3, 0.4) is 0 Å². The van der Waals surface area contributed by atoms with Crippen molar-refractivity contribution in [3.8, 4) is 11.4 Å². The van der Waals surface area contributed by atoms with E-state index in [2.05, 4.69) is 20.4 Å². The summed E-state index contributed by atoms with van der Waals surface area (Å²) in [5.74, 6) is -1.62. The molecule has 1 unspecified atom stereocenters. The van der Waals surface area contributed by atoms with Gasteiger partial charge in [-0.1, -0.05) is 30.3 Å². The van der Waals surface area contributed by atoms with Gasteiger partial charge in [-0.2, -0.15) is 5.10 Å². The van der Waals surface area contributed by atoms with Crippen LogP contribution in [0.25, 0.3) is 5.69 Å². The molecule has 0 bridgehead atoms. The zero-order valence-electron chi connectivity index (χ0n) is 14.7. The lowest BCUT2D eigenvalue weighted by molar-refractivity contribution is -0.116. The number of nitrogens with zero attached hydrogens (tertiary/aromatic N) is 4. The van der Waals surface area contributed by atoms with Gasteiger partial charge in [0.05, 0.1) is 5.69 Å². The Morgan fingerprint density at radius 1 is 1.11 bits per heavy atom. The predicted octanol–water partition coefficient (Wildman–Crippen LogP) is 0.678. The van der Waals surface area contributed by atoms with Crippen LogP contribution in [0.2, 0.25) is 0 Å². The minimum absolute atomic E-state index is 0.00698. The first-order valence-corrected chi connectivity index (χ1v) is 8.40. The number of hydrogen-bond acceptors (Lipinski definition) is 7. The molecular weight excluding hydrogens is 358 g/mol. The van der Waals surface area contributed by atoms with Crippen molar-refractivity contribution in [1.29, 1.82) is 0 Å². The minimum atomic E-state index is -1.77. The number of aromatic nitrogens is 3. The second-order valence-electron chi connectivity index (χ2n) is 6.03. The molecule has 1 aliphatic rings. The molecule has 0 fully saturated rings. The molecule has 1 aliphatic heterocycles. The highest BCUT2D eigenvalue weighted by atomic mass is 16.5. The maximum Gasteiger partial charge on any atom is 0.291 e. The fourth-order valence-electron chi connectivity index (χ4n) is 2.76. The Kier molecular flexibility index (Phi) is 4.34. The highest BCUT2D eigenvalue weighted by molar-refractivity contribution is 6.03. The summed E-state index contributed by atoms with van der Waals surface area (Å²) < 4.78 is 7.48. The van der Waals surface area contributed by atoms with Gasteiger partial charge in [0.15, 0.2) is 0 Å². The number of ether oxygens (including phenoxy) is 1. The second kappa shape index (κ2) is 6.97. The second-order valence-corrected chi connectivity index (χ2v) is 6.03. The molecule has 3 aromatic rings. The van der Waals surface area contributed by atoms with E-state index in [1.807, 2.05) is 30.3 Å². The Balaban J connectivity index is 1.65. The topological polar surface area (TPSA) is 133 Å². The van der Waals surface area contributed by atoms with Gasteiger partial charge in [0.1, 0.15) is 29.8 Å². The number of amidine groups is 1. The van der Waals surface area contributed by atoms with Crippen LogP contribution in [-0.4, -0.2) is 32.4 Å². The molecule has 9 nitrogen and oxygen atoms in total. The summed E-state index contributed by atoms with van der Waals surface area (Å²) in [5, 5.41) is 7.01. The Bertz CT molecular complexity index is 1040. The first kappa shape index (κ1) is 17.4. The summed E-state index contributed by atoms with van der Waals surface area (Å²) in [5.41, 5.74) is 13.4.